The lowest BCUT2D eigenvalue weighted by Gasteiger charge is -2.36. The summed E-state index contributed by atoms with van der Waals surface area (Å²) in [4.78, 5) is 14.2. The molecule has 7 heteroatoms. The SMILES string of the molecule is Cl.NCCC(=O)NCC1CCCCN1Cc1ccc(-n2cccn2)cc1. The third-order valence-electron chi connectivity index (χ3n) is 4.75. The van der Waals surface area contributed by atoms with Crippen LogP contribution in [0.15, 0.2) is 42.7 Å². The van der Waals surface area contributed by atoms with E-state index in [9.17, 15) is 4.79 Å². The number of likely N-dealkylation sites (tertiary alicyclic amines) is 1. The van der Waals surface area contributed by atoms with Crippen LogP contribution >= 0.6 is 12.4 Å². The van der Waals surface area contributed by atoms with E-state index in [0.717, 1.165) is 25.2 Å². The van der Waals surface area contributed by atoms with Gasteiger partial charge in [-0.15, -0.1) is 12.4 Å². The Kier molecular flexibility index (Phi) is 8.09. The minimum absolute atomic E-state index is 0. The highest BCUT2D eigenvalue weighted by molar-refractivity contribution is 5.85. The number of hydrogen-bond donors (Lipinski definition) is 2. The Morgan fingerprint density at radius 2 is 2.08 bits per heavy atom. The summed E-state index contributed by atoms with van der Waals surface area (Å²) < 4.78 is 1.86. The fraction of sp³-hybridized carbons (Fsp3) is 0.474. The topological polar surface area (TPSA) is 76.2 Å². The highest BCUT2D eigenvalue weighted by atomic mass is 35.5. The number of piperidine rings is 1. The fourth-order valence-electron chi connectivity index (χ4n) is 3.36. The Bertz CT molecular complexity index is 659. The standard InChI is InChI=1S/C19H27N5O.ClH/c20-10-9-19(25)21-14-18-4-1-2-12-23(18)15-16-5-7-17(8-6-16)24-13-3-11-22-24;/h3,5-8,11,13,18H,1-2,4,9-10,12,14-15,20H2,(H,21,25);1H. The van der Waals surface area contributed by atoms with Gasteiger partial charge >= 0.3 is 0 Å². The van der Waals surface area contributed by atoms with Crippen molar-refractivity contribution in [2.45, 2.75) is 38.3 Å². The molecule has 1 aliphatic heterocycles. The Morgan fingerprint density at radius 1 is 1.27 bits per heavy atom. The first-order valence-corrected chi connectivity index (χ1v) is 9.06. The molecule has 0 bridgehead atoms. The van der Waals surface area contributed by atoms with Gasteiger partial charge in [-0.3, -0.25) is 9.69 Å². The number of benzene rings is 1. The number of nitrogens with two attached hydrogens (primary N) is 1. The van der Waals surface area contributed by atoms with Crippen molar-refractivity contribution >= 4 is 18.3 Å². The van der Waals surface area contributed by atoms with Gasteiger partial charge in [-0.1, -0.05) is 18.6 Å². The van der Waals surface area contributed by atoms with E-state index in [0.29, 0.717) is 25.6 Å². The average Bonchev–Trinajstić information content (AvgIpc) is 3.17. The number of carbonyl (C=O) groups is 1. The van der Waals surface area contributed by atoms with Crippen LogP contribution in [0.3, 0.4) is 0 Å². The summed E-state index contributed by atoms with van der Waals surface area (Å²) in [6.07, 6.45) is 7.71. The summed E-state index contributed by atoms with van der Waals surface area (Å²) in [6, 6.07) is 10.9. The fourth-order valence-corrected chi connectivity index (χ4v) is 3.36. The predicted octanol–water partition coefficient (Wildman–Crippen LogP) is 2.11. The minimum atomic E-state index is 0. The smallest absolute Gasteiger partial charge is 0.221 e. The van der Waals surface area contributed by atoms with E-state index in [4.69, 9.17) is 5.73 Å². The van der Waals surface area contributed by atoms with Crippen molar-refractivity contribution < 1.29 is 4.79 Å². The second-order valence-electron chi connectivity index (χ2n) is 6.58. The summed E-state index contributed by atoms with van der Waals surface area (Å²) in [7, 11) is 0. The van der Waals surface area contributed by atoms with Crippen LogP contribution < -0.4 is 11.1 Å². The van der Waals surface area contributed by atoms with E-state index in [1.807, 2.05) is 16.9 Å². The molecular weight excluding hydrogens is 350 g/mol. The van der Waals surface area contributed by atoms with Crippen LogP contribution in [0.25, 0.3) is 5.69 Å². The van der Waals surface area contributed by atoms with Crippen molar-refractivity contribution in [3.8, 4) is 5.69 Å². The summed E-state index contributed by atoms with van der Waals surface area (Å²) in [5, 5.41) is 7.28. The van der Waals surface area contributed by atoms with Crippen molar-refractivity contribution in [3.05, 3.63) is 48.3 Å². The molecule has 6 nitrogen and oxygen atoms in total. The van der Waals surface area contributed by atoms with Crippen molar-refractivity contribution in [2.24, 2.45) is 5.73 Å². The maximum Gasteiger partial charge on any atom is 0.221 e. The Morgan fingerprint density at radius 3 is 2.77 bits per heavy atom. The van der Waals surface area contributed by atoms with Crippen LogP contribution in [-0.2, 0) is 11.3 Å². The molecule has 1 unspecified atom stereocenters. The molecule has 26 heavy (non-hydrogen) atoms. The van der Waals surface area contributed by atoms with E-state index >= 15 is 0 Å². The van der Waals surface area contributed by atoms with E-state index in [1.165, 1.54) is 18.4 Å². The molecule has 1 fully saturated rings. The van der Waals surface area contributed by atoms with Gasteiger partial charge in [-0.2, -0.15) is 5.10 Å². The lowest BCUT2D eigenvalue weighted by molar-refractivity contribution is -0.121. The number of amides is 1. The third kappa shape index (κ3) is 5.56. The molecule has 2 heterocycles. The molecule has 0 radical (unpaired) electrons. The summed E-state index contributed by atoms with van der Waals surface area (Å²) in [6.45, 7) is 3.11. The van der Waals surface area contributed by atoms with Gasteiger partial charge < -0.3 is 11.1 Å². The largest absolute Gasteiger partial charge is 0.354 e. The molecule has 2 aromatic rings. The molecular formula is C19H28ClN5O. The molecule has 3 N–H and O–H groups in total. The van der Waals surface area contributed by atoms with Crippen LogP contribution in [0.1, 0.15) is 31.2 Å². The van der Waals surface area contributed by atoms with E-state index in [-0.39, 0.29) is 18.3 Å². The number of nitrogens with zero attached hydrogens (tertiary/aromatic N) is 3. The van der Waals surface area contributed by atoms with Gasteiger partial charge in [0.2, 0.25) is 5.91 Å². The minimum Gasteiger partial charge on any atom is -0.354 e. The van der Waals surface area contributed by atoms with Crippen LogP contribution in [-0.4, -0.2) is 46.3 Å². The maximum absolute atomic E-state index is 11.7. The van der Waals surface area contributed by atoms with Crippen LogP contribution in [0.5, 0.6) is 0 Å². The van der Waals surface area contributed by atoms with Gasteiger partial charge in [-0.25, -0.2) is 4.68 Å². The van der Waals surface area contributed by atoms with Crippen molar-refractivity contribution in [1.82, 2.24) is 20.0 Å². The zero-order valence-electron chi connectivity index (χ0n) is 15.0. The second kappa shape index (κ2) is 10.3. The van der Waals surface area contributed by atoms with Gasteiger partial charge in [-0.05, 0) is 43.1 Å². The number of halogens is 1. The van der Waals surface area contributed by atoms with Crippen LogP contribution in [0.2, 0.25) is 0 Å². The molecule has 0 aliphatic carbocycles. The van der Waals surface area contributed by atoms with Crippen molar-refractivity contribution in [1.29, 1.82) is 0 Å². The normalized spacial score (nSPS) is 17.5. The average molecular weight is 378 g/mol. The first-order chi connectivity index (χ1) is 12.3. The van der Waals surface area contributed by atoms with Gasteiger partial charge in [0.05, 0.1) is 5.69 Å². The number of carbonyl (C=O) groups excluding carboxylic acids is 1. The monoisotopic (exact) mass is 377 g/mol. The second-order valence-corrected chi connectivity index (χ2v) is 6.58. The third-order valence-corrected chi connectivity index (χ3v) is 4.75. The predicted molar refractivity (Wildman–Crippen MR) is 106 cm³/mol. The lowest BCUT2D eigenvalue weighted by atomic mass is 10.0. The maximum atomic E-state index is 11.7. The first kappa shape index (κ1) is 20.4. The Balaban J connectivity index is 0.00000243. The molecule has 1 aliphatic rings. The zero-order chi connectivity index (χ0) is 17.5. The quantitative estimate of drug-likeness (QED) is 0.774. The van der Waals surface area contributed by atoms with Gasteiger partial charge in [0.15, 0.2) is 0 Å². The summed E-state index contributed by atoms with van der Waals surface area (Å²) >= 11 is 0. The first-order valence-electron chi connectivity index (χ1n) is 9.06. The molecule has 1 aromatic heterocycles. The molecule has 1 saturated heterocycles. The Labute approximate surface area is 161 Å². The van der Waals surface area contributed by atoms with Crippen LogP contribution in [0, 0.1) is 0 Å². The molecule has 1 amide bonds. The number of aromatic nitrogens is 2. The molecule has 1 atom stereocenters. The van der Waals surface area contributed by atoms with Gasteiger partial charge in [0.25, 0.3) is 0 Å². The lowest BCUT2D eigenvalue weighted by Crippen LogP contribution is -2.46. The molecule has 0 saturated carbocycles. The van der Waals surface area contributed by atoms with E-state index in [2.05, 4.69) is 39.6 Å². The number of nitrogens with one attached hydrogen (secondary N) is 1. The van der Waals surface area contributed by atoms with Gasteiger partial charge in [0, 0.05) is 44.5 Å². The number of hydrogen-bond acceptors (Lipinski definition) is 4. The zero-order valence-corrected chi connectivity index (χ0v) is 15.8. The highest BCUT2D eigenvalue weighted by Gasteiger charge is 2.22. The van der Waals surface area contributed by atoms with E-state index in [1.54, 1.807) is 6.20 Å². The molecule has 3 rings (SSSR count). The summed E-state index contributed by atoms with van der Waals surface area (Å²) in [5.74, 6) is 0.0524. The van der Waals surface area contributed by atoms with Gasteiger partial charge in [0.1, 0.15) is 0 Å². The molecule has 1 aromatic carbocycles. The highest BCUT2D eigenvalue weighted by Crippen LogP contribution is 2.20. The van der Waals surface area contributed by atoms with Crippen LogP contribution in [0.4, 0.5) is 0 Å². The molecule has 142 valence electrons. The van der Waals surface area contributed by atoms with Crippen molar-refractivity contribution in [3.63, 3.8) is 0 Å². The van der Waals surface area contributed by atoms with Crippen molar-refractivity contribution in [2.75, 3.05) is 19.6 Å². The Hall–Kier alpha value is -1.89. The molecule has 0 spiro atoms. The number of rotatable bonds is 7. The van der Waals surface area contributed by atoms with E-state index < -0.39 is 0 Å². The summed E-state index contributed by atoms with van der Waals surface area (Å²) in [5.41, 5.74) is 7.79.